The van der Waals surface area contributed by atoms with Crippen molar-refractivity contribution in [2.45, 2.75) is 51.5 Å². The zero-order valence-electron chi connectivity index (χ0n) is 13.5. The Morgan fingerprint density at radius 2 is 1.91 bits per heavy atom. The molecule has 0 saturated heterocycles. The third kappa shape index (κ3) is 7.97. The molecule has 0 bridgehead atoms. The number of nitrogens with two attached hydrogens (primary N) is 2. The number of rotatable bonds is 10. The Morgan fingerprint density at radius 1 is 1.23 bits per heavy atom. The number of hydrogen-bond acceptors (Lipinski definition) is 4. The maximum Gasteiger partial charge on any atom is 0.185 e. The highest BCUT2D eigenvalue weighted by Gasteiger charge is 2.18. The molecule has 124 valence electrons. The molecule has 0 aliphatic carbocycles. The van der Waals surface area contributed by atoms with Crippen LogP contribution in [0.4, 0.5) is 0 Å². The van der Waals surface area contributed by atoms with Crippen molar-refractivity contribution >= 4 is 5.96 Å². The van der Waals surface area contributed by atoms with Crippen molar-refractivity contribution in [2.24, 2.45) is 16.5 Å². The highest BCUT2D eigenvalue weighted by molar-refractivity contribution is 5.75. The first-order valence-electron chi connectivity index (χ1n) is 7.76. The van der Waals surface area contributed by atoms with Crippen LogP contribution in [-0.2, 0) is 6.54 Å². The van der Waals surface area contributed by atoms with Crippen molar-refractivity contribution in [1.29, 1.82) is 0 Å². The van der Waals surface area contributed by atoms with E-state index in [1.165, 1.54) is 0 Å². The molecule has 6 heteroatoms. The van der Waals surface area contributed by atoms with Crippen LogP contribution in [-0.4, -0.2) is 35.9 Å². The fraction of sp³-hybridized carbons (Fsp3) is 0.562. The third-order valence-electron chi connectivity index (χ3n) is 3.25. The number of aliphatic imine (C=N–C) groups is 1. The molecule has 0 aliphatic heterocycles. The van der Waals surface area contributed by atoms with Crippen LogP contribution in [0.15, 0.2) is 35.3 Å². The van der Waals surface area contributed by atoms with Gasteiger partial charge in [0.15, 0.2) is 5.96 Å². The van der Waals surface area contributed by atoms with Crippen LogP contribution in [0.1, 0.15) is 32.3 Å². The van der Waals surface area contributed by atoms with E-state index in [0.29, 0.717) is 19.1 Å². The standard InChI is InChI=1S/C16H29N5O/c1-12(2)21-14(9-6-10-19-16(17)18)15(22)20-11-13-7-4-3-5-8-13/h3-5,7-8,12,14-15,20-22H,6,9-11H2,1-2H3,(H4,17,18,19)/t14-,15?/m1/s1. The van der Waals surface area contributed by atoms with Crippen molar-refractivity contribution < 1.29 is 5.11 Å². The normalized spacial score (nSPS) is 13.8. The van der Waals surface area contributed by atoms with Gasteiger partial charge in [-0.25, -0.2) is 0 Å². The molecular weight excluding hydrogens is 278 g/mol. The van der Waals surface area contributed by atoms with E-state index in [9.17, 15) is 5.11 Å². The second kappa shape index (κ2) is 10.2. The van der Waals surface area contributed by atoms with Gasteiger partial charge >= 0.3 is 0 Å². The molecular formula is C16H29N5O. The van der Waals surface area contributed by atoms with Crippen LogP contribution in [0.2, 0.25) is 0 Å². The van der Waals surface area contributed by atoms with E-state index in [1.54, 1.807) is 0 Å². The smallest absolute Gasteiger partial charge is 0.185 e. The SMILES string of the molecule is CC(C)N[C@H](CCCN=C(N)N)C(O)NCc1ccccc1. The molecule has 1 aromatic rings. The van der Waals surface area contributed by atoms with Crippen LogP contribution in [0.5, 0.6) is 0 Å². The molecule has 0 saturated carbocycles. The summed E-state index contributed by atoms with van der Waals surface area (Å²) in [5.41, 5.74) is 11.8. The summed E-state index contributed by atoms with van der Waals surface area (Å²) in [4.78, 5) is 3.97. The molecule has 2 atom stereocenters. The zero-order chi connectivity index (χ0) is 16.4. The van der Waals surface area contributed by atoms with Gasteiger partial charge in [0.25, 0.3) is 0 Å². The lowest BCUT2D eigenvalue weighted by Crippen LogP contribution is -2.50. The molecule has 0 aromatic heterocycles. The zero-order valence-corrected chi connectivity index (χ0v) is 13.5. The number of benzene rings is 1. The van der Waals surface area contributed by atoms with Gasteiger partial charge in [0, 0.05) is 25.2 Å². The third-order valence-corrected chi connectivity index (χ3v) is 3.25. The van der Waals surface area contributed by atoms with Crippen LogP contribution in [0, 0.1) is 0 Å². The minimum absolute atomic E-state index is 0.0436. The number of nitrogens with one attached hydrogen (secondary N) is 2. The predicted octanol–water partition coefficient (Wildman–Crippen LogP) is 0.515. The van der Waals surface area contributed by atoms with Gasteiger partial charge in [-0.05, 0) is 18.4 Å². The maximum absolute atomic E-state index is 10.4. The number of aliphatic hydroxyl groups excluding tert-OH is 1. The summed E-state index contributed by atoms with van der Waals surface area (Å²) in [5, 5.41) is 16.9. The van der Waals surface area contributed by atoms with E-state index in [1.807, 2.05) is 30.3 Å². The van der Waals surface area contributed by atoms with E-state index in [2.05, 4.69) is 29.5 Å². The van der Waals surface area contributed by atoms with Crippen LogP contribution < -0.4 is 22.1 Å². The second-order valence-electron chi connectivity index (χ2n) is 5.69. The van der Waals surface area contributed by atoms with Crippen LogP contribution in [0.3, 0.4) is 0 Å². The molecule has 0 heterocycles. The van der Waals surface area contributed by atoms with Crippen molar-refractivity contribution in [3.05, 3.63) is 35.9 Å². The van der Waals surface area contributed by atoms with Crippen molar-refractivity contribution in [3.8, 4) is 0 Å². The van der Waals surface area contributed by atoms with E-state index >= 15 is 0 Å². The quantitative estimate of drug-likeness (QED) is 0.187. The van der Waals surface area contributed by atoms with Gasteiger partial charge in [-0.3, -0.25) is 10.3 Å². The average molecular weight is 307 g/mol. The molecule has 1 rings (SSSR count). The first-order chi connectivity index (χ1) is 10.5. The fourth-order valence-corrected chi connectivity index (χ4v) is 2.24. The van der Waals surface area contributed by atoms with Gasteiger partial charge in [0.05, 0.1) is 0 Å². The monoisotopic (exact) mass is 307 g/mol. The fourth-order valence-electron chi connectivity index (χ4n) is 2.24. The van der Waals surface area contributed by atoms with Crippen molar-refractivity contribution in [3.63, 3.8) is 0 Å². The van der Waals surface area contributed by atoms with Crippen molar-refractivity contribution in [2.75, 3.05) is 6.54 Å². The summed E-state index contributed by atoms with van der Waals surface area (Å²) in [6.07, 6.45) is 0.978. The van der Waals surface area contributed by atoms with E-state index in [4.69, 9.17) is 11.5 Å². The number of nitrogens with zero attached hydrogens (tertiary/aromatic N) is 1. The van der Waals surface area contributed by atoms with E-state index in [0.717, 1.165) is 18.4 Å². The van der Waals surface area contributed by atoms with Gasteiger partial charge in [0.1, 0.15) is 6.23 Å². The molecule has 0 aliphatic rings. The van der Waals surface area contributed by atoms with Gasteiger partial charge in [-0.2, -0.15) is 0 Å². The molecule has 0 spiro atoms. The lowest BCUT2D eigenvalue weighted by Gasteiger charge is -2.27. The Morgan fingerprint density at radius 3 is 2.50 bits per heavy atom. The minimum Gasteiger partial charge on any atom is -0.377 e. The number of guanidine groups is 1. The number of aliphatic hydroxyl groups is 1. The second-order valence-corrected chi connectivity index (χ2v) is 5.69. The summed E-state index contributed by atoms with van der Waals surface area (Å²) in [5.74, 6) is 0.108. The molecule has 7 N–H and O–H groups in total. The Bertz CT molecular complexity index is 431. The van der Waals surface area contributed by atoms with Crippen LogP contribution >= 0.6 is 0 Å². The predicted molar refractivity (Wildman–Crippen MR) is 91.3 cm³/mol. The lowest BCUT2D eigenvalue weighted by molar-refractivity contribution is 0.0835. The average Bonchev–Trinajstić information content (AvgIpc) is 2.48. The minimum atomic E-state index is -0.623. The first-order valence-corrected chi connectivity index (χ1v) is 7.76. The molecule has 0 amide bonds. The Labute approximate surface area is 133 Å². The highest BCUT2D eigenvalue weighted by Crippen LogP contribution is 2.05. The first kappa shape index (κ1) is 18.4. The topological polar surface area (TPSA) is 109 Å². The maximum atomic E-state index is 10.4. The van der Waals surface area contributed by atoms with Gasteiger partial charge in [-0.1, -0.05) is 44.2 Å². The lowest BCUT2D eigenvalue weighted by atomic mass is 10.1. The summed E-state index contributed by atoms with van der Waals surface area (Å²) in [6, 6.07) is 10.3. The molecule has 0 radical (unpaired) electrons. The van der Waals surface area contributed by atoms with Gasteiger partial charge in [0.2, 0.25) is 0 Å². The largest absolute Gasteiger partial charge is 0.377 e. The molecule has 0 fully saturated rings. The molecule has 1 aromatic carbocycles. The van der Waals surface area contributed by atoms with E-state index in [-0.39, 0.29) is 12.0 Å². The summed E-state index contributed by atoms with van der Waals surface area (Å²) in [6.45, 7) is 5.33. The molecule has 6 nitrogen and oxygen atoms in total. The molecule has 22 heavy (non-hydrogen) atoms. The number of hydrogen-bond donors (Lipinski definition) is 5. The van der Waals surface area contributed by atoms with Crippen molar-refractivity contribution in [1.82, 2.24) is 10.6 Å². The summed E-state index contributed by atoms with van der Waals surface area (Å²) >= 11 is 0. The molecule has 1 unspecified atom stereocenters. The van der Waals surface area contributed by atoms with Crippen LogP contribution in [0.25, 0.3) is 0 Å². The van der Waals surface area contributed by atoms with Gasteiger partial charge < -0.3 is 21.9 Å². The Balaban J connectivity index is 2.45. The summed E-state index contributed by atoms with van der Waals surface area (Å²) < 4.78 is 0. The van der Waals surface area contributed by atoms with Gasteiger partial charge in [-0.15, -0.1) is 0 Å². The highest BCUT2D eigenvalue weighted by atomic mass is 16.3. The Kier molecular flexibility index (Phi) is 8.50. The Hall–Kier alpha value is -1.63. The van der Waals surface area contributed by atoms with E-state index < -0.39 is 6.23 Å². The summed E-state index contributed by atoms with van der Waals surface area (Å²) in [7, 11) is 0.